The van der Waals surface area contributed by atoms with Crippen molar-refractivity contribution >= 4 is 5.91 Å². The molecule has 4 nitrogen and oxygen atoms in total. The minimum absolute atomic E-state index is 0.0883. The van der Waals surface area contributed by atoms with Gasteiger partial charge in [0.15, 0.2) is 0 Å². The molecule has 1 aromatic carbocycles. The molecule has 1 atom stereocenters. The molecule has 0 amide bonds. The average Bonchev–Trinajstić information content (AvgIpc) is 2.69. The molecule has 0 fully saturated rings. The van der Waals surface area contributed by atoms with E-state index in [1.165, 1.54) is 11.5 Å². The maximum Gasteiger partial charge on any atom is 0.335 e. The molecule has 2 rings (SSSR count). The number of imidazole rings is 1. The highest BCUT2D eigenvalue weighted by molar-refractivity contribution is 5.77. The normalized spacial score (nSPS) is 12.4. The molecule has 1 heterocycles. The van der Waals surface area contributed by atoms with Gasteiger partial charge in [0.2, 0.25) is 5.91 Å². The Balaban J connectivity index is 2.64. The van der Waals surface area contributed by atoms with E-state index >= 15 is 0 Å². The lowest BCUT2D eigenvalue weighted by atomic mass is 10.1. The molecule has 0 aliphatic heterocycles. The van der Waals surface area contributed by atoms with Crippen LogP contribution in [0, 0.1) is 6.92 Å². The van der Waals surface area contributed by atoms with Crippen LogP contribution in [0.1, 0.15) is 48.6 Å². The summed E-state index contributed by atoms with van der Waals surface area (Å²) in [5.41, 5.74) is 2.47. The van der Waals surface area contributed by atoms with Gasteiger partial charge in [-0.15, -0.1) is 0 Å². The van der Waals surface area contributed by atoms with E-state index in [1.54, 1.807) is 4.57 Å². The van der Waals surface area contributed by atoms with Crippen LogP contribution in [0.5, 0.6) is 0 Å². The molecule has 0 aliphatic rings. The van der Waals surface area contributed by atoms with Crippen LogP contribution < -0.4 is 5.69 Å². The Morgan fingerprint density at radius 1 is 1.25 bits per heavy atom. The minimum atomic E-state index is -0.247. The number of benzene rings is 1. The quantitative estimate of drug-likeness (QED) is 0.862. The highest BCUT2D eigenvalue weighted by Gasteiger charge is 2.21. The van der Waals surface area contributed by atoms with Crippen LogP contribution in [0.15, 0.2) is 35.1 Å². The first-order chi connectivity index (χ1) is 9.49. The summed E-state index contributed by atoms with van der Waals surface area (Å²) in [4.78, 5) is 24.3. The van der Waals surface area contributed by atoms with Crippen LogP contribution in [-0.2, 0) is 6.42 Å². The highest BCUT2D eigenvalue weighted by atomic mass is 16.2. The van der Waals surface area contributed by atoms with Crippen LogP contribution >= 0.6 is 0 Å². The van der Waals surface area contributed by atoms with Crippen molar-refractivity contribution in [3.63, 3.8) is 0 Å². The van der Waals surface area contributed by atoms with Gasteiger partial charge >= 0.3 is 5.69 Å². The number of aromatic nitrogens is 2. The molecular formula is C16H20N2O2. The lowest BCUT2D eigenvalue weighted by molar-refractivity contribution is 0.0928. The molecule has 0 spiro atoms. The first-order valence-electron chi connectivity index (χ1n) is 6.87. The molecule has 0 unspecified atom stereocenters. The number of hydrogen-bond acceptors (Lipinski definition) is 2. The second kappa shape index (κ2) is 5.49. The molecule has 0 radical (unpaired) electrons. The Hall–Kier alpha value is -2.10. The zero-order valence-corrected chi connectivity index (χ0v) is 12.4. The zero-order chi connectivity index (χ0) is 14.9. The molecule has 0 bridgehead atoms. The lowest BCUT2D eigenvalue weighted by Gasteiger charge is -2.14. The van der Waals surface area contributed by atoms with Crippen LogP contribution in [0.4, 0.5) is 0 Å². The van der Waals surface area contributed by atoms with Gasteiger partial charge in [0.05, 0.1) is 6.04 Å². The first-order valence-corrected chi connectivity index (χ1v) is 6.87. The van der Waals surface area contributed by atoms with Gasteiger partial charge in [-0.05, 0) is 25.8 Å². The van der Waals surface area contributed by atoms with E-state index in [0.29, 0.717) is 6.42 Å². The van der Waals surface area contributed by atoms with Crippen molar-refractivity contribution in [3.05, 3.63) is 57.8 Å². The van der Waals surface area contributed by atoms with Crippen LogP contribution in [0.25, 0.3) is 0 Å². The molecule has 4 heteroatoms. The van der Waals surface area contributed by atoms with E-state index in [2.05, 4.69) is 0 Å². The number of nitrogens with zero attached hydrogens (tertiary/aromatic N) is 2. The zero-order valence-electron chi connectivity index (χ0n) is 12.4. The Morgan fingerprint density at radius 2 is 1.85 bits per heavy atom. The molecule has 0 saturated carbocycles. The number of hydrogen-bond donors (Lipinski definition) is 0. The van der Waals surface area contributed by atoms with E-state index in [9.17, 15) is 9.59 Å². The molecule has 2 aromatic rings. The number of rotatable bonds is 3. The summed E-state index contributed by atoms with van der Waals surface area (Å²) in [5, 5.41) is 0. The summed E-state index contributed by atoms with van der Waals surface area (Å²) in [6.45, 7) is 7.27. The largest absolute Gasteiger partial charge is 0.335 e. The minimum Gasteiger partial charge on any atom is -0.289 e. The summed E-state index contributed by atoms with van der Waals surface area (Å²) in [7, 11) is 0. The fraction of sp³-hybridized carbons (Fsp3) is 0.375. The smallest absolute Gasteiger partial charge is 0.289 e. The van der Waals surface area contributed by atoms with Crippen molar-refractivity contribution < 1.29 is 4.79 Å². The number of carbonyl (C=O) groups is 1. The molecule has 20 heavy (non-hydrogen) atoms. The van der Waals surface area contributed by atoms with Gasteiger partial charge in [-0.3, -0.25) is 9.36 Å². The fourth-order valence-electron chi connectivity index (χ4n) is 2.74. The highest BCUT2D eigenvalue weighted by Crippen LogP contribution is 2.20. The van der Waals surface area contributed by atoms with Crippen LogP contribution in [0.2, 0.25) is 0 Å². The van der Waals surface area contributed by atoms with Crippen molar-refractivity contribution in [1.82, 2.24) is 9.13 Å². The second-order valence-electron chi connectivity index (χ2n) is 4.98. The summed E-state index contributed by atoms with van der Waals surface area (Å²) >= 11 is 0. The van der Waals surface area contributed by atoms with Crippen molar-refractivity contribution in [2.75, 3.05) is 0 Å². The van der Waals surface area contributed by atoms with Crippen molar-refractivity contribution in [3.8, 4) is 0 Å². The summed E-state index contributed by atoms with van der Waals surface area (Å²) in [6.07, 6.45) is 0.662. The fourth-order valence-corrected chi connectivity index (χ4v) is 2.74. The standard InChI is InChI=1S/C16H20N2O2/c1-5-15-12(3)17(16(20)18(15)13(4)19)11(2)14-9-7-6-8-10-14/h6-11H,5H2,1-4H3/t11-/m0/s1. The average molecular weight is 272 g/mol. The third kappa shape index (κ3) is 2.22. The van der Waals surface area contributed by atoms with Gasteiger partial charge in [0.25, 0.3) is 0 Å². The molecule has 1 aromatic heterocycles. The van der Waals surface area contributed by atoms with Crippen molar-refractivity contribution in [2.45, 2.75) is 40.2 Å². The number of carbonyl (C=O) groups excluding carboxylic acids is 1. The summed E-state index contributed by atoms with van der Waals surface area (Å²) in [5.74, 6) is -0.228. The predicted molar refractivity (Wildman–Crippen MR) is 79.4 cm³/mol. The van der Waals surface area contributed by atoms with Crippen molar-refractivity contribution in [1.29, 1.82) is 0 Å². The maximum absolute atomic E-state index is 12.5. The van der Waals surface area contributed by atoms with Crippen LogP contribution in [-0.4, -0.2) is 15.0 Å². The molecule has 0 aliphatic carbocycles. The third-order valence-corrected chi connectivity index (χ3v) is 3.77. The maximum atomic E-state index is 12.5. The lowest BCUT2D eigenvalue weighted by Crippen LogP contribution is -2.30. The van der Waals surface area contributed by atoms with Gasteiger partial charge in [-0.1, -0.05) is 37.3 Å². The van der Waals surface area contributed by atoms with Gasteiger partial charge in [0.1, 0.15) is 0 Å². The van der Waals surface area contributed by atoms with Gasteiger partial charge in [-0.2, -0.15) is 0 Å². The summed E-state index contributed by atoms with van der Waals surface area (Å²) < 4.78 is 2.99. The predicted octanol–water partition coefficient (Wildman–Crippen LogP) is 2.79. The monoisotopic (exact) mass is 272 g/mol. The molecule has 0 N–H and O–H groups in total. The van der Waals surface area contributed by atoms with E-state index in [0.717, 1.165) is 17.0 Å². The first kappa shape index (κ1) is 14.3. The Kier molecular flexibility index (Phi) is 3.93. The Labute approximate surface area is 118 Å². The molecular weight excluding hydrogens is 252 g/mol. The Bertz CT molecular complexity index is 680. The van der Waals surface area contributed by atoms with E-state index in [1.807, 2.05) is 51.1 Å². The van der Waals surface area contributed by atoms with Gasteiger partial charge in [-0.25, -0.2) is 9.36 Å². The van der Waals surface area contributed by atoms with Crippen molar-refractivity contribution in [2.24, 2.45) is 0 Å². The topological polar surface area (TPSA) is 44.0 Å². The molecule has 0 saturated heterocycles. The third-order valence-electron chi connectivity index (χ3n) is 3.77. The van der Waals surface area contributed by atoms with E-state index in [4.69, 9.17) is 0 Å². The van der Waals surface area contributed by atoms with E-state index in [-0.39, 0.29) is 17.6 Å². The second-order valence-corrected chi connectivity index (χ2v) is 4.98. The Morgan fingerprint density at radius 3 is 2.30 bits per heavy atom. The van der Waals surface area contributed by atoms with E-state index < -0.39 is 0 Å². The van der Waals surface area contributed by atoms with Crippen LogP contribution in [0.3, 0.4) is 0 Å². The molecule has 106 valence electrons. The SMILES string of the molecule is CCc1c(C)n([C@@H](C)c2ccccc2)c(=O)n1C(C)=O. The van der Waals surface area contributed by atoms with Gasteiger partial charge < -0.3 is 0 Å². The van der Waals surface area contributed by atoms with Gasteiger partial charge in [0, 0.05) is 18.3 Å². The summed E-state index contributed by atoms with van der Waals surface area (Å²) in [6, 6.07) is 9.75.